The van der Waals surface area contributed by atoms with Crippen LogP contribution < -0.4 is 0 Å². The summed E-state index contributed by atoms with van der Waals surface area (Å²) in [6, 6.07) is 69.8. The van der Waals surface area contributed by atoms with Crippen molar-refractivity contribution in [3.63, 3.8) is 0 Å². The molecule has 4 heteroatoms. The lowest BCUT2D eigenvalue weighted by Crippen LogP contribution is -2.33. The van der Waals surface area contributed by atoms with E-state index in [2.05, 4.69) is 138 Å². The Morgan fingerprint density at radius 1 is 0.339 bits per heavy atom. The largest absolute Gasteiger partial charge is 0.309 e. The molecule has 1 aliphatic heterocycles. The van der Waals surface area contributed by atoms with E-state index in [4.69, 9.17) is 15.0 Å². The van der Waals surface area contributed by atoms with E-state index in [0.29, 0.717) is 17.5 Å². The average Bonchev–Trinajstić information content (AvgIpc) is 3.77. The van der Waals surface area contributed by atoms with Gasteiger partial charge in [0.2, 0.25) is 0 Å². The number of rotatable bonds is 4. The first-order valence-corrected chi connectivity index (χ1v) is 19.1. The number of aromatic nitrogens is 4. The van der Waals surface area contributed by atoms with E-state index in [1.165, 1.54) is 60.9 Å². The zero-order valence-electron chi connectivity index (χ0n) is 30.3. The molecule has 1 atom stereocenters. The van der Waals surface area contributed by atoms with Gasteiger partial charge < -0.3 is 4.57 Å². The fraction of sp³-hybridized carbons (Fsp3) is 0.0192. The minimum Gasteiger partial charge on any atom is -0.309 e. The van der Waals surface area contributed by atoms with Crippen LogP contribution in [-0.4, -0.2) is 19.5 Å². The third-order valence-corrected chi connectivity index (χ3v) is 11.8. The van der Waals surface area contributed by atoms with Crippen LogP contribution in [0.3, 0.4) is 0 Å². The van der Waals surface area contributed by atoms with Crippen LogP contribution >= 0.6 is 0 Å². The van der Waals surface area contributed by atoms with Gasteiger partial charge in [0.25, 0.3) is 0 Å². The number of para-hydroxylation sites is 3. The summed E-state index contributed by atoms with van der Waals surface area (Å²) in [4.78, 5) is 15.0. The molecule has 1 unspecified atom stereocenters. The van der Waals surface area contributed by atoms with Gasteiger partial charge >= 0.3 is 0 Å². The van der Waals surface area contributed by atoms with Gasteiger partial charge in [-0.15, -0.1) is 0 Å². The third-order valence-electron chi connectivity index (χ3n) is 11.8. The molecule has 2 aliphatic rings. The van der Waals surface area contributed by atoms with E-state index in [1.54, 1.807) is 0 Å². The van der Waals surface area contributed by atoms with Crippen LogP contribution in [0.1, 0.15) is 22.3 Å². The van der Waals surface area contributed by atoms with Crippen LogP contribution in [0.4, 0.5) is 0 Å². The highest BCUT2D eigenvalue weighted by Crippen LogP contribution is 2.61. The quantitative estimate of drug-likeness (QED) is 0.182. The zero-order valence-corrected chi connectivity index (χ0v) is 30.3. The molecule has 0 fully saturated rings. The molecular formula is C52H32N4. The van der Waals surface area contributed by atoms with Crippen LogP contribution in [0.15, 0.2) is 194 Å². The van der Waals surface area contributed by atoms with Gasteiger partial charge in [-0.2, -0.15) is 0 Å². The summed E-state index contributed by atoms with van der Waals surface area (Å²) in [5.41, 5.74) is 16.1. The molecular weight excluding hydrogens is 681 g/mol. The summed E-state index contributed by atoms with van der Waals surface area (Å²) in [5.74, 6) is 1.95. The normalized spacial score (nSPS) is 14.9. The van der Waals surface area contributed by atoms with Crippen molar-refractivity contribution in [1.29, 1.82) is 0 Å². The molecule has 260 valence electrons. The summed E-state index contributed by atoms with van der Waals surface area (Å²) >= 11 is 0. The van der Waals surface area contributed by atoms with Gasteiger partial charge in [-0.05, 0) is 68.8 Å². The molecule has 8 aromatic carbocycles. The van der Waals surface area contributed by atoms with E-state index in [-0.39, 0.29) is 0 Å². The third kappa shape index (κ3) is 4.27. The summed E-state index contributed by atoms with van der Waals surface area (Å²) in [6.07, 6.45) is 0. The van der Waals surface area contributed by atoms with Gasteiger partial charge in [0.15, 0.2) is 17.5 Å². The van der Waals surface area contributed by atoms with Crippen LogP contribution in [-0.2, 0) is 5.41 Å². The van der Waals surface area contributed by atoms with Crippen LogP contribution in [0.5, 0.6) is 0 Å². The highest BCUT2D eigenvalue weighted by molar-refractivity contribution is 6.12. The minimum absolute atomic E-state index is 0.511. The van der Waals surface area contributed by atoms with Crippen LogP contribution in [0.25, 0.3) is 83.9 Å². The smallest absolute Gasteiger partial charge is 0.164 e. The van der Waals surface area contributed by atoms with Crippen molar-refractivity contribution >= 4 is 21.8 Å². The fourth-order valence-corrected chi connectivity index (χ4v) is 9.52. The second kappa shape index (κ2) is 11.8. The van der Waals surface area contributed by atoms with Gasteiger partial charge in [-0.1, -0.05) is 170 Å². The Bertz CT molecular complexity index is 3140. The van der Waals surface area contributed by atoms with Crippen molar-refractivity contribution in [2.24, 2.45) is 0 Å². The lowest BCUT2D eigenvalue weighted by atomic mass is 9.65. The first-order valence-electron chi connectivity index (χ1n) is 19.1. The standard InChI is InChI=1S/C52H32N4/c1-3-15-33(16-4-1)49-53-50(34-17-5-2-6-18-34)55-51(54-49)37-20-13-19-35(31-37)36-29-30-39-38-21-7-9-24-42(38)52(45(39)32-36)43-25-10-12-28-47(43)56-46-27-11-8-22-40(46)41-23-14-26-44(52)48(41)56/h1-32H. The Labute approximate surface area is 324 Å². The van der Waals surface area contributed by atoms with E-state index in [9.17, 15) is 0 Å². The molecule has 0 amide bonds. The number of hydrogen-bond acceptors (Lipinski definition) is 3. The zero-order chi connectivity index (χ0) is 36.8. The maximum Gasteiger partial charge on any atom is 0.164 e. The SMILES string of the molecule is c1ccc(-c2nc(-c3ccccc3)nc(-c3cccc(-c4ccc5c(c4)C4(c6ccccc6-5)c5ccccc5-n5c6ccccc6c6cccc4c65)c3)n2)cc1. The molecule has 0 bridgehead atoms. The van der Waals surface area contributed by atoms with E-state index >= 15 is 0 Å². The summed E-state index contributed by atoms with van der Waals surface area (Å²) in [5, 5.41) is 2.56. The maximum absolute atomic E-state index is 5.05. The number of hydrogen-bond donors (Lipinski definition) is 0. The first kappa shape index (κ1) is 31.0. The van der Waals surface area contributed by atoms with E-state index in [0.717, 1.165) is 27.8 Å². The van der Waals surface area contributed by atoms with Crippen molar-refractivity contribution in [2.45, 2.75) is 5.41 Å². The first-order chi connectivity index (χ1) is 27.8. The number of fused-ring (bicyclic) bond motifs is 12. The number of nitrogens with zero attached hydrogens (tertiary/aromatic N) is 4. The van der Waals surface area contributed by atoms with Gasteiger partial charge in [0, 0.05) is 27.5 Å². The summed E-state index contributed by atoms with van der Waals surface area (Å²) in [7, 11) is 0. The van der Waals surface area contributed by atoms with E-state index in [1.807, 2.05) is 60.7 Å². The lowest BCUT2D eigenvalue weighted by molar-refractivity contribution is 0.749. The highest BCUT2D eigenvalue weighted by Gasteiger charge is 2.50. The van der Waals surface area contributed by atoms with Crippen molar-refractivity contribution < 1.29 is 0 Å². The highest BCUT2D eigenvalue weighted by atomic mass is 15.0. The maximum atomic E-state index is 5.05. The molecule has 56 heavy (non-hydrogen) atoms. The average molecular weight is 713 g/mol. The molecule has 0 saturated heterocycles. The molecule has 0 N–H and O–H groups in total. The van der Waals surface area contributed by atoms with Gasteiger partial charge in [0.1, 0.15) is 0 Å². The lowest BCUT2D eigenvalue weighted by Gasteiger charge is -2.39. The summed E-state index contributed by atoms with van der Waals surface area (Å²) in [6.45, 7) is 0. The van der Waals surface area contributed by atoms with Gasteiger partial charge in [-0.3, -0.25) is 0 Å². The molecule has 1 spiro atoms. The second-order valence-corrected chi connectivity index (χ2v) is 14.7. The fourth-order valence-electron chi connectivity index (χ4n) is 9.52. The predicted octanol–water partition coefficient (Wildman–Crippen LogP) is 12.3. The monoisotopic (exact) mass is 712 g/mol. The van der Waals surface area contributed by atoms with E-state index < -0.39 is 5.41 Å². The van der Waals surface area contributed by atoms with Crippen LogP contribution in [0, 0.1) is 0 Å². The van der Waals surface area contributed by atoms with Crippen molar-refractivity contribution in [3.8, 4) is 62.1 Å². The number of benzene rings is 8. The topological polar surface area (TPSA) is 43.6 Å². The molecule has 4 nitrogen and oxygen atoms in total. The van der Waals surface area contributed by atoms with Gasteiger partial charge in [-0.25, -0.2) is 15.0 Å². The van der Waals surface area contributed by atoms with Gasteiger partial charge in [0.05, 0.1) is 22.1 Å². The summed E-state index contributed by atoms with van der Waals surface area (Å²) < 4.78 is 2.50. The molecule has 10 aromatic rings. The van der Waals surface area contributed by atoms with Crippen molar-refractivity contribution in [2.75, 3.05) is 0 Å². The molecule has 3 heterocycles. The molecule has 1 aliphatic carbocycles. The van der Waals surface area contributed by atoms with Crippen molar-refractivity contribution in [3.05, 3.63) is 216 Å². The molecule has 2 aromatic heterocycles. The second-order valence-electron chi connectivity index (χ2n) is 14.7. The Kier molecular flexibility index (Phi) is 6.52. The Morgan fingerprint density at radius 3 is 1.66 bits per heavy atom. The van der Waals surface area contributed by atoms with Crippen molar-refractivity contribution in [1.82, 2.24) is 19.5 Å². The Balaban J connectivity index is 1.08. The molecule has 0 radical (unpaired) electrons. The molecule has 12 rings (SSSR count). The Hall–Kier alpha value is -7.43. The predicted molar refractivity (Wildman–Crippen MR) is 227 cm³/mol. The Morgan fingerprint density at radius 2 is 0.875 bits per heavy atom. The minimum atomic E-state index is -0.511. The van der Waals surface area contributed by atoms with Crippen LogP contribution in [0.2, 0.25) is 0 Å². The molecule has 0 saturated carbocycles.